The fourth-order valence-corrected chi connectivity index (χ4v) is 1.85. The molecule has 1 atom stereocenters. The molecule has 0 bridgehead atoms. The van der Waals surface area contributed by atoms with Crippen molar-refractivity contribution in [2.75, 3.05) is 18.4 Å². The summed E-state index contributed by atoms with van der Waals surface area (Å²) in [6.45, 7) is 0.408. The van der Waals surface area contributed by atoms with Crippen LogP contribution < -0.4 is 16.0 Å². The van der Waals surface area contributed by atoms with Crippen molar-refractivity contribution in [1.82, 2.24) is 10.6 Å². The van der Waals surface area contributed by atoms with Crippen LogP contribution in [0.25, 0.3) is 0 Å². The number of carbonyl (C=O) groups is 2. The summed E-state index contributed by atoms with van der Waals surface area (Å²) in [7, 11) is 0. The molecule has 1 aliphatic heterocycles. The molecule has 1 saturated heterocycles. The van der Waals surface area contributed by atoms with E-state index >= 15 is 0 Å². The average molecular weight is 288 g/mol. The standard InChI is InChI=1S/C11H11Cl2N3O2/c12-7-2-1-6(3-8(7)13)16-11(18)9-4-15-10(17)5-14-9/h1-3,9,14H,4-5H2,(H,15,17)(H,16,18). The number of carbonyl (C=O) groups excluding carboxylic acids is 2. The molecular formula is C11H11Cl2N3O2. The van der Waals surface area contributed by atoms with Crippen molar-refractivity contribution in [2.45, 2.75) is 6.04 Å². The molecule has 0 aliphatic carbocycles. The molecule has 1 aromatic carbocycles. The van der Waals surface area contributed by atoms with Gasteiger partial charge in [0.2, 0.25) is 11.8 Å². The van der Waals surface area contributed by atoms with Crippen molar-refractivity contribution in [2.24, 2.45) is 0 Å². The molecule has 1 unspecified atom stereocenters. The Morgan fingerprint density at radius 1 is 1.33 bits per heavy atom. The van der Waals surface area contributed by atoms with Gasteiger partial charge in [-0.3, -0.25) is 14.9 Å². The summed E-state index contributed by atoms with van der Waals surface area (Å²) in [5.74, 6) is -0.345. The maximum Gasteiger partial charge on any atom is 0.243 e. The molecule has 0 spiro atoms. The second kappa shape index (κ2) is 5.56. The Labute approximate surface area is 114 Å². The molecule has 0 saturated carbocycles. The van der Waals surface area contributed by atoms with Gasteiger partial charge in [0.15, 0.2) is 0 Å². The Kier molecular flexibility index (Phi) is 4.06. The highest BCUT2D eigenvalue weighted by Gasteiger charge is 2.23. The number of nitrogens with one attached hydrogen (secondary N) is 3. The highest BCUT2D eigenvalue weighted by molar-refractivity contribution is 6.42. The van der Waals surface area contributed by atoms with Gasteiger partial charge in [-0.2, -0.15) is 0 Å². The van der Waals surface area contributed by atoms with Gasteiger partial charge in [0, 0.05) is 12.2 Å². The van der Waals surface area contributed by atoms with Crippen LogP contribution in [0.4, 0.5) is 5.69 Å². The van der Waals surface area contributed by atoms with Crippen molar-refractivity contribution >= 4 is 40.7 Å². The van der Waals surface area contributed by atoms with Crippen LogP contribution in [0.1, 0.15) is 0 Å². The average Bonchev–Trinajstić information content (AvgIpc) is 2.34. The first-order valence-corrected chi connectivity index (χ1v) is 6.08. The Balaban J connectivity index is 1.98. The zero-order valence-corrected chi connectivity index (χ0v) is 10.8. The van der Waals surface area contributed by atoms with Gasteiger partial charge in [-0.15, -0.1) is 0 Å². The maximum absolute atomic E-state index is 11.9. The van der Waals surface area contributed by atoms with E-state index in [0.717, 1.165) is 0 Å². The minimum atomic E-state index is -0.447. The molecule has 3 N–H and O–H groups in total. The Hall–Kier alpha value is -1.30. The summed E-state index contributed by atoms with van der Waals surface area (Å²) in [6.07, 6.45) is 0. The third-order valence-electron chi connectivity index (χ3n) is 2.52. The maximum atomic E-state index is 11.9. The smallest absolute Gasteiger partial charge is 0.243 e. The number of amides is 2. The number of piperazine rings is 1. The first-order chi connectivity index (χ1) is 8.56. The van der Waals surface area contributed by atoms with Gasteiger partial charge < -0.3 is 10.6 Å². The number of halogens is 2. The fourth-order valence-electron chi connectivity index (χ4n) is 1.56. The van der Waals surface area contributed by atoms with E-state index < -0.39 is 6.04 Å². The highest BCUT2D eigenvalue weighted by Crippen LogP contribution is 2.25. The number of hydrogen-bond acceptors (Lipinski definition) is 3. The Morgan fingerprint density at radius 2 is 2.11 bits per heavy atom. The second-order valence-corrected chi connectivity index (χ2v) is 4.67. The van der Waals surface area contributed by atoms with E-state index in [1.807, 2.05) is 0 Å². The van der Waals surface area contributed by atoms with Crippen LogP contribution in [-0.2, 0) is 9.59 Å². The quantitative estimate of drug-likeness (QED) is 0.761. The lowest BCUT2D eigenvalue weighted by atomic mass is 10.2. The lowest BCUT2D eigenvalue weighted by Gasteiger charge is -2.23. The molecule has 18 heavy (non-hydrogen) atoms. The van der Waals surface area contributed by atoms with E-state index in [1.54, 1.807) is 18.2 Å². The van der Waals surface area contributed by atoms with Crippen molar-refractivity contribution in [1.29, 1.82) is 0 Å². The summed E-state index contributed by atoms with van der Waals surface area (Å²) in [6, 6.07) is 4.39. The number of hydrogen-bond donors (Lipinski definition) is 3. The summed E-state index contributed by atoms with van der Waals surface area (Å²) in [5.41, 5.74) is 0.563. The van der Waals surface area contributed by atoms with E-state index in [1.165, 1.54) is 0 Å². The predicted molar refractivity (Wildman–Crippen MR) is 69.9 cm³/mol. The summed E-state index contributed by atoms with van der Waals surface area (Å²) in [4.78, 5) is 22.8. The van der Waals surface area contributed by atoms with Crippen LogP contribution in [0.2, 0.25) is 10.0 Å². The molecule has 2 rings (SSSR count). The predicted octanol–water partition coefficient (Wildman–Crippen LogP) is 1.02. The van der Waals surface area contributed by atoms with E-state index in [0.29, 0.717) is 15.7 Å². The molecule has 1 fully saturated rings. The van der Waals surface area contributed by atoms with Crippen molar-refractivity contribution in [3.05, 3.63) is 28.2 Å². The normalized spacial score (nSPS) is 19.2. The highest BCUT2D eigenvalue weighted by atomic mass is 35.5. The van der Waals surface area contributed by atoms with Gasteiger partial charge in [0.25, 0.3) is 0 Å². The van der Waals surface area contributed by atoms with Crippen molar-refractivity contribution in [3.63, 3.8) is 0 Å². The van der Waals surface area contributed by atoms with Crippen molar-refractivity contribution in [3.8, 4) is 0 Å². The van der Waals surface area contributed by atoms with Crippen LogP contribution >= 0.6 is 23.2 Å². The molecular weight excluding hydrogens is 277 g/mol. The zero-order chi connectivity index (χ0) is 13.1. The first kappa shape index (κ1) is 13.1. The summed E-state index contributed by atoms with van der Waals surface area (Å²) < 4.78 is 0. The van der Waals surface area contributed by atoms with E-state index in [9.17, 15) is 9.59 Å². The monoisotopic (exact) mass is 287 g/mol. The Morgan fingerprint density at radius 3 is 2.72 bits per heavy atom. The van der Waals surface area contributed by atoms with Gasteiger partial charge in [0.1, 0.15) is 6.04 Å². The topological polar surface area (TPSA) is 70.2 Å². The van der Waals surface area contributed by atoms with Gasteiger partial charge in [-0.25, -0.2) is 0 Å². The van der Waals surface area contributed by atoms with Crippen LogP contribution in [-0.4, -0.2) is 30.9 Å². The molecule has 5 nitrogen and oxygen atoms in total. The lowest BCUT2D eigenvalue weighted by Crippen LogP contribution is -2.56. The number of anilines is 1. The minimum absolute atomic E-state index is 0.117. The zero-order valence-electron chi connectivity index (χ0n) is 9.30. The molecule has 96 valence electrons. The Bertz CT molecular complexity index is 483. The minimum Gasteiger partial charge on any atom is -0.353 e. The molecule has 0 aromatic heterocycles. The van der Waals surface area contributed by atoms with E-state index in [4.69, 9.17) is 23.2 Å². The van der Waals surface area contributed by atoms with E-state index in [-0.39, 0.29) is 24.9 Å². The second-order valence-electron chi connectivity index (χ2n) is 3.86. The van der Waals surface area contributed by atoms with Gasteiger partial charge >= 0.3 is 0 Å². The molecule has 7 heteroatoms. The molecule has 0 radical (unpaired) electrons. The fraction of sp³-hybridized carbons (Fsp3) is 0.273. The first-order valence-electron chi connectivity index (χ1n) is 5.32. The van der Waals surface area contributed by atoms with Crippen LogP contribution in [0.15, 0.2) is 18.2 Å². The summed E-state index contributed by atoms with van der Waals surface area (Å²) >= 11 is 11.6. The van der Waals surface area contributed by atoms with Crippen LogP contribution in [0.5, 0.6) is 0 Å². The third-order valence-corrected chi connectivity index (χ3v) is 3.26. The van der Waals surface area contributed by atoms with Crippen LogP contribution in [0, 0.1) is 0 Å². The molecule has 1 heterocycles. The van der Waals surface area contributed by atoms with Gasteiger partial charge in [-0.05, 0) is 18.2 Å². The molecule has 1 aromatic rings. The number of benzene rings is 1. The SMILES string of the molecule is O=C1CNC(C(=O)Nc2ccc(Cl)c(Cl)c2)CN1. The van der Waals surface area contributed by atoms with Crippen molar-refractivity contribution < 1.29 is 9.59 Å². The largest absolute Gasteiger partial charge is 0.353 e. The lowest BCUT2D eigenvalue weighted by molar-refractivity contribution is -0.124. The van der Waals surface area contributed by atoms with Crippen LogP contribution in [0.3, 0.4) is 0 Å². The van der Waals surface area contributed by atoms with E-state index in [2.05, 4.69) is 16.0 Å². The molecule has 1 aliphatic rings. The number of rotatable bonds is 2. The van der Waals surface area contributed by atoms with Gasteiger partial charge in [-0.1, -0.05) is 23.2 Å². The third kappa shape index (κ3) is 3.13. The summed E-state index contributed by atoms with van der Waals surface area (Å²) in [5, 5.41) is 8.94. The van der Waals surface area contributed by atoms with Gasteiger partial charge in [0.05, 0.1) is 16.6 Å². The molecule has 2 amide bonds.